The average molecular weight is 414 g/mol. The summed E-state index contributed by atoms with van der Waals surface area (Å²) in [6, 6.07) is 11.7. The van der Waals surface area contributed by atoms with Crippen molar-refractivity contribution in [3.63, 3.8) is 0 Å². The summed E-state index contributed by atoms with van der Waals surface area (Å²) in [6.07, 6.45) is 5.20. The molecule has 0 atom stereocenters. The summed E-state index contributed by atoms with van der Waals surface area (Å²) >= 11 is 4.88. The lowest BCUT2D eigenvalue weighted by atomic mass is 10.1. The SMILES string of the molecule is O=c1[nH]c(SCc2cccnc2)nc2c(-c3ccc(Br)cc3)cnn12. The number of halogens is 1. The zero-order valence-electron chi connectivity index (χ0n) is 12.9. The predicted octanol–water partition coefficient (Wildman–Crippen LogP) is 3.53. The van der Waals surface area contributed by atoms with E-state index in [0.717, 1.165) is 21.2 Å². The Kier molecular flexibility index (Phi) is 4.37. The number of nitrogens with zero attached hydrogens (tertiary/aromatic N) is 4. The molecular formula is C17H12BrN5OS. The van der Waals surface area contributed by atoms with Crippen LogP contribution in [0, 0.1) is 0 Å². The largest absolute Gasteiger partial charge is 0.350 e. The number of rotatable bonds is 4. The molecule has 124 valence electrons. The molecule has 4 aromatic rings. The van der Waals surface area contributed by atoms with Gasteiger partial charge in [0.1, 0.15) is 0 Å². The van der Waals surface area contributed by atoms with Crippen molar-refractivity contribution < 1.29 is 0 Å². The van der Waals surface area contributed by atoms with Crippen molar-refractivity contribution in [3.8, 4) is 11.1 Å². The molecule has 3 aromatic heterocycles. The number of hydrogen-bond donors (Lipinski definition) is 1. The maximum Gasteiger partial charge on any atom is 0.350 e. The highest BCUT2D eigenvalue weighted by Gasteiger charge is 2.12. The third-order valence-electron chi connectivity index (χ3n) is 3.61. The number of H-pyrrole nitrogens is 1. The van der Waals surface area contributed by atoms with Gasteiger partial charge < -0.3 is 0 Å². The van der Waals surface area contributed by atoms with Crippen LogP contribution in [0.15, 0.2) is 69.4 Å². The Labute approximate surface area is 155 Å². The number of aromatic nitrogens is 5. The van der Waals surface area contributed by atoms with Crippen LogP contribution in [0.1, 0.15) is 5.56 Å². The fourth-order valence-electron chi connectivity index (χ4n) is 2.40. The number of fused-ring (bicyclic) bond motifs is 1. The van der Waals surface area contributed by atoms with E-state index in [1.807, 2.05) is 36.4 Å². The minimum absolute atomic E-state index is 0.304. The van der Waals surface area contributed by atoms with Gasteiger partial charge in [0.05, 0.1) is 6.20 Å². The summed E-state index contributed by atoms with van der Waals surface area (Å²) in [6.45, 7) is 0. The molecule has 1 aromatic carbocycles. The molecule has 0 amide bonds. The van der Waals surface area contributed by atoms with Crippen molar-refractivity contribution in [2.45, 2.75) is 10.9 Å². The minimum Gasteiger partial charge on any atom is -0.285 e. The molecular weight excluding hydrogens is 402 g/mol. The van der Waals surface area contributed by atoms with Gasteiger partial charge in [-0.25, -0.2) is 9.78 Å². The second-order valence-corrected chi connectivity index (χ2v) is 7.18. The van der Waals surface area contributed by atoms with Crippen molar-refractivity contribution in [1.82, 2.24) is 24.6 Å². The maximum atomic E-state index is 12.3. The molecule has 8 heteroatoms. The molecule has 0 radical (unpaired) electrons. The van der Waals surface area contributed by atoms with E-state index < -0.39 is 0 Å². The van der Waals surface area contributed by atoms with Crippen molar-refractivity contribution in [3.05, 3.63) is 75.5 Å². The first-order chi connectivity index (χ1) is 12.2. The van der Waals surface area contributed by atoms with Crippen LogP contribution in [0.4, 0.5) is 0 Å². The predicted molar refractivity (Wildman–Crippen MR) is 101 cm³/mol. The highest BCUT2D eigenvalue weighted by atomic mass is 79.9. The monoisotopic (exact) mass is 413 g/mol. The van der Waals surface area contributed by atoms with Gasteiger partial charge in [0.25, 0.3) is 0 Å². The third-order valence-corrected chi connectivity index (χ3v) is 5.08. The van der Waals surface area contributed by atoms with E-state index in [1.54, 1.807) is 18.6 Å². The van der Waals surface area contributed by atoms with E-state index in [9.17, 15) is 4.79 Å². The van der Waals surface area contributed by atoms with Gasteiger partial charge in [-0.1, -0.05) is 45.9 Å². The lowest BCUT2D eigenvalue weighted by Crippen LogP contribution is -2.19. The Morgan fingerprint density at radius 3 is 2.76 bits per heavy atom. The maximum absolute atomic E-state index is 12.3. The summed E-state index contributed by atoms with van der Waals surface area (Å²) in [5, 5.41) is 4.71. The van der Waals surface area contributed by atoms with E-state index in [0.29, 0.717) is 16.6 Å². The lowest BCUT2D eigenvalue weighted by Gasteiger charge is -2.03. The van der Waals surface area contributed by atoms with Crippen molar-refractivity contribution in [2.24, 2.45) is 0 Å². The Morgan fingerprint density at radius 2 is 2.00 bits per heavy atom. The van der Waals surface area contributed by atoms with Crippen LogP contribution in [0.5, 0.6) is 0 Å². The van der Waals surface area contributed by atoms with Gasteiger partial charge in [0.15, 0.2) is 10.8 Å². The number of pyridine rings is 1. The number of benzene rings is 1. The van der Waals surface area contributed by atoms with Crippen molar-refractivity contribution in [2.75, 3.05) is 0 Å². The quantitative estimate of drug-likeness (QED) is 0.517. The topological polar surface area (TPSA) is 75.9 Å². The Balaban J connectivity index is 1.71. The zero-order valence-corrected chi connectivity index (χ0v) is 15.3. The fraction of sp³-hybridized carbons (Fsp3) is 0.0588. The smallest absolute Gasteiger partial charge is 0.285 e. The molecule has 0 saturated carbocycles. The molecule has 1 N–H and O–H groups in total. The number of aromatic amines is 1. The van der Waals surface area contributed by atoms with Crippen molar-refractivity contribution in [1.29, 1.82) is 0 Å². The Hall–Kier alpha value is -2.45. The fourth-order valence-corrected chi connectivity index (χ4v) is 3.45. The number of nitrogens with one attached hydrogen (secondary N) is 1. The van der Waals surface area contributed by atoms with Crippen LogP contribution in [0.3, 0.4) is 0 Å². The minimum atomic E-state index is -0.304. The molecule has 0 spiro atoms. The molecule has 25 heavy (non-hydrogen) atoms. The average Bonchev–Trinajstić information content (AvgIpc) is 3.06. The summed E-state index contributed by atoms with van der Waals surface area (Å²) in [5.74, 6) is 0.675. The second kappa shape index (κ2) is 6.81. The molecule has 0 aliphatic heterocycles. The van der Waals surface area contributed by atoms with Gasteiger partial charge in [-0.2, -0.15) is 9.61 Å². The molecule has 6 nitrogen and oxygen atoms in total. The van der Waals surface area contributed by atoms with E-state index in [-0.39, 0.29) is 5.69 Å². The highest BCUT2D eigenvalue weighted by molar-refractivity contribution is 9.10. The standard InChI is InChI=1S/C17H12BrN5OS/c18-13-5-3-12(4-6-13)14-9-20-23-15(14)21-16(22-17(23)24)25-10-11-2-1-7-19-8-11/h1-9H,10H2,(H,21,22,24). The van der Waals surface area contributed by atoms with Gasteiger partial charge in [-0.3, -0.25) is 9.97 Å². The van der Waals surface area contributed by atoms with Gasteiger partial charge in [-0.05, 0) is 29.3 Å². The van der Waals surface area contributed by atoms with Crippen LogP contribution in [0.25, 0.3) is 16.8 Å². The molecule has 0 aliphatic carbocycles. The molecule has 0 aliphatic rings. The Bertz CT molecular complexity index is 1080. The summed E-state index contributed by atoms with van der Waals surface area (Å²) in [4.78, 5) is 23.7. The zero-order chi connectivity index (χ0) is 17.2. The Morgan fingerprint density at radius 1 is 1.16 bits per heavy atom. The summed E-state index contributed by atoms with van der Waals surface area (Å²) in [7, 11) is 0. The molecule has 0 bridgehead atoms. The molecule has 0 unspecified atom stereocenters. The molecule has 3 heterocycles. The van der Waals surface area contributed by atoms with Crippen LogP contribution in [0.2, 0.25) is 0 Å². The molecule has 0 saturated heterocycles. The van der Waals surface area contributed by atoms with Crippen LogP contribution in [-0.4, -0.2) is 24.6 Å². The number of thioether (sulfide) groups is 1. The van der Waals surface area contributed by atoms with Crippen LogP contribution in [-0.2, 0) is 5.75 Å². The van der Waals surface area contributed by atoms with Gasteiger partial charge >= 0.3 is 5.69 Å². The normalized spacial score (nSPS) is 11.1. The summed E-state index contributed by atoms with van der Waals surface area (Å²) in [5.41, 5.74) is 3.08. The van der Waals surface area contributed by atoms with E-state index >= 15 is 0 Å². The second-order valence-electron chi connectivity index (χ2n) is 5.30. The van der Waals surface area contributed by atoms with Crippen molar-refractivity contribution >= 4 is 33.3 Å². The van der Waals surface area contributed by atoms with Crippen LogP contribution < -0.4 is 5.69 Å². The van der Waals surface area contributed by atoms with Gasteiger partial charge in [0, 0.05) is 28.2 Å². The van der Waals surface area contributed by atoms with E-state index in [4.69, 9.17) is 0 Å². The first-order valence-corrected chi connectivity index (χ1v) is 9.24. The van der Waals surface area contributed by atoms with Gasteiger partial charge in [0.2, 0.25) is 0 Å². The third kappa shape index (κ3) is 3.35. The van der Waals surface area contributed by atoms with Gasteiger partial charge in [-0.15, -0.1) is 0 Å². The highest BCUT2D eigenvalue weighted by Crippen LogP contribution is 2.25. The van der Waals surface area contributed by atoms with E-state index in [2.05, 4.69) is 36.0 Å². The lowest BCUT2D eigenvalue weighted by molar-refractivity contribution is 0.786. The first-order valence-electron chi connectivity index (χ1n) is 7.46. The molecule has 0 fully saturated rings. The first kappa shape index (κ1) is 16.0. The summed E-state index contributed by atoms with van der Waals surface area (Å²) < 4.78 is 2.28. The van der Waals surface area contributed by atoms with E-state index in [1.165, 1.54) is 16.3 Å². The molecule has 4 rings (SSSR count). The van der Waals surface area contributed by atoms with Crippen LogP contribution >= 0.6 is 27.7 Å². The number of hydrogen-bond acceptors (Lipinski definition) is 5.